The molecular weight excluding hydrogens is 198 g/mol. The highest BCUT2D eigenvalue weighted by Crippen LogP contribution is 2.17. The lowest BCUT2D eigenvalue weighted by Crippen LogP contribution is -2.35. The van der Waals surface area contributed by atoms with Crippen molar-refractivity contribution in [3.63, 3.8) is 0 Å². The second-order valence-corrected chi connectivity index (χ2v) is 5.43. The molecule has 0 amide bonds. The van der Waals surface area contributed by atoms with Gasteiger partial charge in [0.15, 0.2) is 0 Å². The highest BCUT2D eigenvalue weighted by atomic mass is 15.3. The van der Waals surface area contributed by atoms with Crippen LogP contribution in [0.5, 0.6) is 0 Å². The second kappa shape index (κ2) is 5.21. The van der Waals surface area contributed by atoms with Crippen LogP contribution in [0.3, 0.4) is 0 Å². The Morgan fingerprint density at radius 3 is 2.31 bits per heavy atom. The molecule has 1 rings (SSSR count). The third kappa shape index (κ3) is 4.53. The first kappa shape index (κ1) is 12.8. The number of hydrogen-bond acceptors (Lipinski definition) is 2. The summed E-state index contributed by atoms with van der Waals surface area (Å²) in [4.78, 5) is 0. The molecule has 3 heteroatoms. The molecule has 0 atom stereocenters. The van der Waals surface area contributed by atoms with Crippen LogP contribution in [0, 0.1) is 0 Å². The number of rotatable bonds is 5. The molecule has 0 aromatic heterocycles. The Balaban J connectivity index is 2.38. The van der Waals surface area contributed by atoms with Gasteiger partial charge in [-0.15, -0.1) is 0 Å². The summed E-state index contributed by atoms with van der Waals surface area (Å²) in [5.41, 5.74) is 14.3. The van der Waals surface area contributed by atoms with Gasteiger partial charge in [-0.1, -0.05) is 6.07 Å². The maximum atomic E-state index is 5.91. The van der Waals surface area contributed by atoms with Crippen LogP contribution in [0.15, 0.2) is 18.2 Å². The molecule has 0 radical (unpaired) electrons. The normalized spacial score (nSPS) is 11.7. The molecule has 0 aliphatic rings. The minimum absolute atomic E-state index is 0.743. The third-order valence-electron chi connectivity index (χ3n) is 2.69. The van der Waals surface area contributed by atoms with Gasteiger partial charge >= 0.3 is 0 Å². The van der Waals surface area contributed by atoms with Gasteiger partial charge in [0.2, 0.25) is 0 Å². The molecule has 0 aliphatic heterocycles. The van der Waals surface area contributed by atoms with Crippen molar-refractivity contribution in [3.8, 4) is 0 Å². The predicted molar refractivity (Wildman–Crippen MR) is 71.1 cm³/mol. The molecule has 0 saturated carbocycles. The highest BCUT2D eigenvalue weighted by Gasteiger charge is 2.06. The molecule has 0 bridgehead atoms. The molecule has 0 spiro atoms. The Kier molecular flexibility index (Phi) is 4.19. The number of nitrogens with zero attached hydrogens (tertiary/aromatic N) is 1. The number of unbranched alkanes of at least 4 members (excludes halogenated alkanes) is 1. The Morgan fingerprint density at radius 2 is 1.75 bits per heavy atom. The van der Waals surface area contributed by atoms with E-state index in [4.69, 9.17) is 11.5 Å². The molecule has 0 unspecified atom stereocenters. The first-order valence-corrected chi connectivity index (χ1v) is 5.83. The summed E-state index contributed by atoms with van der Waals surface area (Å²) >= 11 is 0. The topological polar surface area (TPSA) is 52.0 Å². The molecule has 0 saturated heterocycles. The number of anilines is 2. The zero-order chi connectivity index (χ0) is 12.2. The number of hydrogen-bond donors (Lipinski definition) is 2. The third-order valence-corrected chi connectivity index (χ3v) is 2.69. The molecule has 0 fully saturated rings. The zero-order valence-corrected chi connectivity index (χ0v) is 10.7. The van der Waals surface area contributed by atoms with Gasteiger partial charge in [0, 0.05) is 11.4 Å². The molecule has 1 aromatic rings. The molecule has 90 valence electrons. The fourth-order valence-electron chi connectivity index (χ4n) is 1.74. The zero-order valence-electron chi connectivity index (χ0n) is 10.7. The number of nitrogen functional groups attached to an aromatic ring is 2. The second-order valence-electron chi connectivity index (χ2n) is 5.43. The quantitative estimate of drug-likeness (QED) is 0.454. The van der Waals surface area contributed by atoms with Crippen LogP contribution in [-0.2, 0) is 6.42 Å². The van der Waals surface area contributed by atoms with Crippen molar-refractivity contribution in [3.05, 3.63) is 23.8 Å². The van der Waals surface area contributed by atoms with Gasteiger partial charge in [0.05, 0.1) is 27.7 Å². The summed E-state index contributed by atoms with van der Waals surface area (Å²) in [5, 5.41) is 0. The fraction of sp³-hybridized carbons (Fsp3) is 0.538. The monoisotopic (exact) mass is 222 g/mol. The first-order chi connectivity index (χ1) is 7.38. The maximum Gasteiger partial charge on any atom is 0.0780 e. The van der Waals surface area contributed by atoms with E-state index in [1.165, 1.54) is 24.9 Å². The van der Waals surface area contributed by atoms with Gasteiger partial charge in [-0.25, -0.2) is 0 Å². The summed E-state index contributed by atoms with van der Waals surface area (Å²) in [6, 6.07) is 5.80. The van der Waals surface area contributed by atoms with E-state index < -0.39 is 0 Å². The summed E-state index contributed by atoms with van der Waals surface area (Å²) in [6.07, 6.45) is 3.46. The van der Waals surface area contributed by atoms with E-state index in [1.807, 2.05) is 18.2 Å². The van der Waals surface area contributed by atoms with E-state index in [-0.39, 0.29) is 0 Å². The van der Waals surface area contributed by atoms with Gasteiger partial charge < -0.3 is 16.0 Å². The molecule has 0 heterocycles. The number of quaternary nitrogens is 1. The minimum atomic E-state index is 0.743. The van der Waals surface area contributed by atoms with E-state index >= 15 is 0 Å². The van der Waals surface area contributed by atoms with E-state index in [0.29, 0.717) is 0 Å². The summed E-state index contributed by atoms with van der Waals surface area (Å²) in [7, 11) is 6.66. The Labute approximate surface area is 98.6 Å². The average molecular weight is 222 g/mol. The van der Waals surface area contributed by atoms with Crippen molar-refractivity contribution in [1.82, 2.24) is 0 Å². The molecule has 1 aromatic carbocycles. The van der Waals surface area contributed by atoms with Crippen LogP contribution >= 0.6 is 0 Å². The molecule has 3 nitrogen and oxygen atoms in total. The summed E-state index contributed by atoms with van der Waals surface area (Å²) in [5.74, 6) is 0. The van der Waals surface area contributed by atoms with Crippen LogP contribution in [0.25, 0.3) is 0 Å². The number of nitrogens with two attached hydrogens (primary N) is 2. The van der Waals surface area contributed by atoms with Gasteiger partial charge in [0.25, 0.3) is 0 Å². The molecular formula is C13H24N3+. The van der Waals surface area contributed by atoms with Crippen LogP contribution in [-0.4, -0.2) is 32.2 Å². The van der Waals surface area contributed by atoms with E-state index in [0.717, 1.165) is 22.3 Å². The highest BCUT2D eigenvalue weighted by molar-refractivity contribution is 5.56. The lowest BCUT2D eigenvalue weighted by molar-refractivity contribution is -0.870. The smallest absolute Gasteiger partial charge is 0.0780 e. The predicted octanol–water partition coefficient (Wildman–Crippen LogP) is 1.88. The minimum Gasteiger partial charge on any atom is -0.399 e. The van der Waals surface area contributed by atoms with Gasteiger partial charge in [-0.05, 0) is 37.0 Å². The lowest BCUT2D eigenvalue weighted by Gasteiger charge is -2.23. The lowest BCUT2D eigenvalue weighted by atomic mass is 10.1. The van der Waals surface area contributed by atoms with Crippen LogP contribution in [0.4, 0.5) is 11.4 Å². The van der Waals surface area contributed by atoms with Gasteiger partial charge in [-0.3, -0.25) is 0 Å². The molecule has 4 N–H and O–H groups in total. The number of benzene rings is 1. The standard InChI is InChI=1S/C13H24N3/c1-16(2,3)9-5-4-6-11-7-8-12(14)10-13(11)15/h7-8,10H,4-6,9,14-15H2,1-3H3/q+1. The van der Waals surface area contributed by atoms with Crippen molar-refractivity contribution in [2.75, 3.05) is 39.2 Å². The van der Waals surface area contributed by atoms with Gasteiger partial charge in [0.1, 0.15) is 0 Å². The van der Waals surface area contributed by atoms with E-state index in [9.17, 15) is 0 Å². The van der Waals surface area contributed by atoms with Crippen molar-refractivity contribution < 1.29 is 4.48 Å². The summed E-state index contributed by atoms with van der Waals surface area (Å²) < 4.78 is 1.03. The van der Waals surface area contributed by atoms with E-state index in [1.54, 1.807) is 0 Å². The maximum absolute atomic E-state index is 5.91. The SMILES string of the molecule is C[N+](C)(C)CCCCc1ccc(N)cc1N. The van der Waals surface area contributed by atoms with Crippen LogP contribution in [0.2, 0.25) is 0 Å². The van der Waals surface area contributed by atoms with Crippen molar-refractivity contribution in [1.29, 1.82) is 0 Å². The van der Waals surface area contributed by atoms with Crippen LogP contribution in [0.1, 0.15) is 18.4 Å². The van der Waals surface area contributed by atoms with Crippen molar-refractivity contribution in [2.45, 2.75) is 19.3 Å². The van der Waals surface area contributed by atoms with Crippen molar-refractivity contribution in [2.24, 2.45) is 0 Å². The average Bonchev–Trinajstić information content (AvgIpc) is 2.13. The van der Waals surface area contributed by atoms with Gasteiger partial charge in [-0.2, -0.15) is 0 Å². The summed E-state index contributed by atoms with van der Waals surface area (Å²) in [6.45, 7) is 1.20. The Morgan fingerprint density at radius 1 is 1.06 bits per heavy atom. The fourth-order valence-corrected chi connectivity index (χ4v) is 1.74. The first-order valence-electron chi connectivity index (χ1n) is 5.83. The van der Waals surface area contributed by atoms with Crippen molar-refractivity contribution >= 4 is 11.4 Å². The molecule has 0 aliphatic carbocycles. The van der Waals surface area contributed by atoms with E-state index in [2.05, 4.69) is 21.1 Å². The number of aryl methyl sites for hydroxylation is 1. The Bertz CT molecular complexity index is 340. The Hall–Kier alpha value is -1.22. The molecule has 16 heavy (non-hydrogen) atoms. The van der Waals surface area contributed by atoms with Crippen LogP contribution < -0.4 is 11.5 Å². The largest absolute Gasteiger partial charge is 0.399 e.